The van der Waals surface area contributed by atoms with Crippen LogP contribution in [0.25, 0.3) is 0 Å². The van der Waals surface area contributed by atoms with E-state index in [1.54, 1.807) is 32.0 Å². The lowest BCUT2D eigenvalue weighted by molar-refractivity contribution is 0.102. The number of carbonyl (C=O) groups excluding carboxylic acids is 1. The molecule has 1 amide bonds. The van der Waals surface area contributed by atoms with Gasteiger partial charge in [-0.25, -0.2) is 13.6 Å². The molecule has 0 aliphatic rings. The minimum atomic E-state index is -3.86. The summed E-state index contributed by atoms with van der Waals surface area (Å²) in [6.45, 7) is 3.55. The summed E-state index contributed by atoms with van der Waals surface area (Å²) >= 11 is 3.32. The van der Waals surface area contributed by atoms with Gasteiger partial charge >= 0.3 is 0 Å². The van der Waals surface area contributed by atoms with E-state index in [4.69, 9.17) is 9.88 Å². The topological polar surface area (TPSA) is 98.5 Å². The molecule has 0 saturated heterocycles. The molecule has 0 spiro atoms. The number of hydrogen-bond acceptors (Lipinski definition) is 4. The summed E-state index contributed by atoms with van der Waals surface area (Å²) < 4.78 is 28.9. The largest absolute Gasteiger partial charge is 0.496 e. The van der Waals surface area contributed by atoms with Crippen molar-refractivity contribution in [1.29, 1.82) is 0 Å². The van der Waals surface area contributed by atoms with E-state index in [0.717, 1.165) is 5.56 Å². The van der Waals surface area contributed by atoms with Gasteiger partial charge in [-0.05, 0) is 71.2 Å². The monoisotopic (exact) mass is 412 g/mol. The van der Waals surface area contributed by atoms with E-state index in [1.807, 2.05) is 0 Å². The summed E-state index contributed by atoms with van der Waals surface area (Å²) in [7, 11) is -2.32. The molecule has 3 N–H and O–H groups in total. The molecule has 0 atom stereocenters. The molecule has 24 heavy (non-hydrogen) atoms. The van der Waals surface area contributed by atoms with Gasteiger partial charge in [0.15, 0.2) is 0 Å². The molecule has 128 valence electrons. The Bertz CT molecular complexity index is 911. The van der Waals surface area contributed by atoms with Crippen LogP contribution in [0.15, 0.2) is 39.7 Å². The van der Waals surface area contributed by atoms with E-state index in [0.29, 0.717) is 27.0 Å². The van der Waals surface area contributed by atoms with E-state index < -0.39 is 10.0 Å². The first-order chi connectivity index (χ1) is 11.1. The van der Waals surface area contributed by atoms with Crippen LogP contribution in [-0.2, 0) is 10.0 Å². The molecule has 2 rings (SSSR count). The Kier molecular flexibility index (Phi) is 5.32. The van der Waals surface area contributed by atoms with E-state index in [1.165, 1.54) is 19.2 Å². The molecule has 2 aromatic rings. The fraction of sp³-hybridized carbons (Fsp3) is 0.188. The maximum atomic E-state index is 12.4. The summed E-state index contributed by atoms with van der Waals surface area (Å²) in [6, 6.07) is 7.74. The number of methoxy groups -OCH3 is 1. The van der Waals surface area contributed by atoms with Crippen molar-refractivity contribution in [2.24, 2.45) is 5.14 Å². The summed E-state index contributed by atoms with van der Waals surface area (Å²) in [4.78, 5) is 12.4. The summed E-state index contributed by atoms with van der Waals surface area (Å²) in [6.07, 6.45) is 0. The lowest BCUT2D eigenvalue weighted by Crippen LogP contribution is -2.16. The van der Waals surface area contributed by atoms with Crippen molar-refractivity contribution in [2.75, 3.05) is 12.4 Å². The van der Waals surface area contributed by atoms with Gasteiger partial charge in [0.2, 0.25) is 10.0 Å². The summed E-state index contributed by atoms with van der Waals surface area (Å²) in [5.41, 5.74) is 2.28. The second-order valence-corrected chi connectivity index (χ2v) is 7.68. The normalized spacial score (nSPS) is 11.2. The van der Waals surface area contributed by atoms with Gasteiger partial charge in [-0.1, -0.05) is 0 Å². The molecule has 0 bridgehead atoms. The fourth-order valence-corrected chi connectivity index (χ4v) is 3.29. The zero-order chi connectivity index (χ0) is 18.1. The van der Waals surface area contributed by atoms with E-state index in [-0.39, 0.29) is 10.8 Å². The summed E-state index contributed by atoms with van der Waals surface area (Å²) in [5.74, 6) is 0.238. The number of sulfonamides is 1. The van der Waals surface area contributed by atoms with Crippen LogP contribution >= 0.6 is 15.9 Å². The van der Waals surface area contributed by atoms with Gasteiger partial charge in [0.1, 0.15) is 5.75 Å². The number of primary sulfonamides is 1. The third-order valence-electron chi connectivity index (χ3n) is 3.63. The van der Waals surface area contributed by atoms with Crippen molar-refractivity contribution in [3.05, 3.63) is 51.5 Å². The molecule has 0 heterocycles. The highest BCUT2D eigenvalue weighted by Gasteiger charge is 2.15. The third kappa shape index (κ3) is 3.95. The molecular weight excluding hydrogens is 396 g/mol. The number of halogens is 1. The number of nitrogens with one attached hydrogen (secondary N) is 1. The Hall–Kier alpha value is -1.90. The number of aryl methyl sites for hydroxylation is 1. The highest BCUT2D eigenvalue weighted by Crippen LogP contribution is 2.27. The number of rotatable bonds is 4. The number of ether oxygens (including phenoxy) is 1. The van der Waals surface area contributed by atoms with Crippen LogP contribution in [0.5, 0.6) is 5.75 Å². The molecule has 0 fully saturated rings. The van der Waals surface area contributed by atoms with Gasteiger partial charge < -0.3 is 10.1 Å². The van der Waals surface area contributed by atoms with Crippen molar-refractivity contribution in [1.82, 2.24) is 0 Å². The minimum Gasteiger partial charge on any atom is -0.496 e. The smallest absolute Gasteiger partial charge is 0.255 e. The highest BCUT2D eigenvalue weighted by molar-refractivity contribution is 9.10. The van der Waals surface area contributed by atoms with Gasteiger partial charge in [0.25, 0.3) is 5.91 Å². The fourth-order valence-electron chi connectivity index (χ4n) is 2.12. The SMILES string of the molecule is COc1ccc(C(=O)Nc2cc(S(N)(=O)=O)cc(C)c2C)cc1Br. The van der Waals surface area contributed by atoms with Crippen LogP contribution in [0, 0.1) is 13.8 Å². The Morgan fingerprint density at radius 1 is 1.21 bits per heavy atom. The van der Waals surface area contributed by atoms with E-state index >= 15 is 0 Å². The van der Waals surface area contributed by atoms with Gasteiger partial charge in [-0.15, -0.1) is 0 Å². The quantitative estimate of drug-likeness (QED) is 0.805. The lowest BCUT2D eigenvalue weighted by Gasteiger charge is -2.13. The van der Waals surface area contributed by atoms with Crippen molar-refractivity contribution in [3.63, 3.8) is 0 Å². The van der Waals surface area contributed by atoms with Crippen molar-refractivity contribution in [2.45, 2.75) is 18.7 Å². The maximum Gasteiger partial charge on any atom is 0.255 e. The van der Waals surface area contributed by atoms with E-state index in [2.05, 4.69) is 21.2 Å². The number of amides is 1. The molecule has 0 aliphatic heterocycles. The predicted octanol–water partition coefficient (Wildman–Crippen LogP) is 2.97. The van der Waals surface area contributed by atoms with Gasteiger partial charge in [-0.2, -0.15) is 0 Å². The standard InChI is InChI=1S/C16H17BrN2O4S/c1-9-6-12(24(18,21)22)8-14(10(9)2)19-16(20)11-4-5-15(23-3)13(17)7-11/h4-8H,1-3H3,(H,19,20)(H2,18,21,22). The average Bonchev–Trinajstić information content (AvgIpc) is 2.50. The minimum absolute atomic E-state index is 0.0446. The van der Waals surface area contributed by atoms with Crippen molar-refractivity contribution in [3.8, 4) is 5.75 Å². The van der Waals surface area contributed by atoms with Gasteiger partial charge in [0.05, 0.1) is 16.5 Å². The Morgan fingerprint density at radius 3 is 2.42 bits per heavy atom. The molecule has 6 nitrogen and oxygen atoms in total. The molecule has 2 aromatic carbocycles. The molecular formula is C16H17BrN2O4S. The molecule has 0 unspecified atom stereocenters. The number of benzene rings is 2. The first-order valence-corrected chi connectivity index (χ1v) is 9.26. The predicted molar refractivity (Wildman–Crippen MR) is 95.9 cm³/mol. The molecule has 8 heteroatoms. The van der Waals surface area contributed by atoms with Crippen LogP contribution in [0.2, 0.25) is 0 Å². The zero-order valence-electron chi connectivity index (χ0n) is 13.4. The van der Waals surface area contributed by atoms with Crippen molar-refractivity contribution < 1.29 is 17.9 Å². The third-order valence-corrected chi connectivity index (χ3v) is 5.14. The maximum absolute atomic E-state index is 12.4. The highest BCUT2D eigenvalue weighted by atomic mass is 79.9. The molecule has 0 aromatic heterocycles. The van der Waals surface area contributed by atoms with Crippen LogP contribution in [-0.4, -0.2) is 21.4 Å². The van der Waals surface area contributed by atoms with Crippen LogP contribution < -0.4 is 15.2 Å². The second-order valence-electron chi connectivity index (χ2n) is 5.26. The zero-order valence-corrected chi connectivity index (χ0v) is 15.8. The Morgan fingerprint density at radius 2 is 1.88 bits per heavy atom. The van der Waals surface area contributed by atoms with Crippen LogP contribution in [0.3, 0.4) is 0 Å². The molecule has 0 saturated carbocycles. The lowest BCUT2D eigenvalue weighted by atomic mass is 10.1. The number of anilines is 1. The van der Waals surface area contributed by atoms with Gasteiger partial charge in [-0.3, -0.25) is 4.79 Å². The van der Waals surface area contributed by atoms with E-state index in [9.17, 15) is 13.2 Å². The van der Waals surface area contributed by atoms with Gasteiger partial charge in [0, 0.05) is 11.3 Å². The molecule has 0 aliphatic carbocycles. The van der Waals surface area contributed by atoms with Crippen molar-refractivity contribution >= 4 is 37.5 Å². The van der Waals surface area contributed by atoms with Crippen LogP contribution in [0.1, 0.15) is 21.5 Å². The second kappa shape index (κ2) is 6.92. The first kappa shape index (κ1) is 18.4. The Balaban J connectivity index is 2.38. The average molecular weight is 413 g/mol. The number of hydrogen-bond donors (Lipinski definition) is 2. The number of carbonyl (C=O) groups is 1. The van der Waals surface area contributed by atoms with Crippen LogP contribution in [0.4, 0.5) is 5.69 Å². The molecule has 0 radical (unpaired) electrons. The Labute approximate surface area is 149 Å². The number of nitrogens with two attached hydrogens (primary N) is 1. The summed E-state index contributed by atoms with van der Waals surface area (Å²) in [5, 5.41) is 7.90. The first-order valence-electron chi connectivity index (χ1n) is 6.92.